The molecule has 1 aliphatic heterocycles. The molecule has 2 unspecified atom stereocenters. The molecule has 11 nitrogen and oxygen atoms in total. The molecule has 238 valence electrons. The van der Waals surface area contributed by atoms with E-state index >= 15 is 0 Å². The first-order valence-corrected chi connectivity index (χ1v) is 13.4. The number of carbonyl (C=O) groups excluding carboxylic acids is 1. The summed E-state index contributed by atoms with van der Waals surface area (Å²) in [5.41, 5.74) is 2.95. The molecular weight excluding hydrogens is 600 g/mol. The molecule has 2 atom stereocenters. The summed E-state index contributed by atoms with van der Waals surface area (Å²) in [5, 5.41) is 20.4. The average molecular weight is 630 g/mol. The van der Waals surface area contributed by atoms with Crippen LogP contribution in [-0.4, -0.2) is 49.5 Å². The second-order valence-corrected chi connectivity index (χ2v) is 10.4. The van der Waals surface area contributed by atoms with Gasteiger partial charge in [-0.15, -0.1) is 0 Å². The summed E-state index contributed by atoms with van der Waals surface area (Å²) in [5.74, 6) is -0.856. The van der Waals surface area contributed by atoms with Crippen molar-refractivity contribution in [3.05, 3.63) is 52.5 Å². The predicted octanol–water partition coefficient (Wildman–Crippen LogP) is 5.10. The number of amides is 1. The van der Waals surface area contributed by atoms with Crippen LogP contribution in [0.5, 0.6) is 5.75 Å². The number of nitrogens with one attached hydrogen (secondary N) is 3. The van der Waals surface area contributed by atoms with Crippen molar-refractivity contribution in [3.63, 3.8) is 0 Å². The van der Waals surface area contributed by atoms with E-state index in [1.165, 1.54) is 7.05 Å². The number of alkyl halides is 6. The maximum atomic E-state index is 13.1. The summed E-state index contributed by atoms with van der Waals surface area (Å²) in [7, 11) is 1.27. The van der Waals surface area contributed by atoms with Crippen molar-refractivity contribution >= 4 is 29.3 Å². The van der Waals surface area contributed by atoms with Gasteiger partial charge < -0.3 is 25.8 Å². The molecule has 1 aromatic carbocycles. The molecule has 0 fully saturated rings. The lowest BCUT2D eigenvalue weighted by Gasteiger charge is -2.26. The molecule has 0 bridgehead atoms. The molecule has 2 aromatic heterocycles. The first-order valence-electron chi connectivity index (χ1n) is 13.4. The number of carboxylic acids is 1. The number of benzene rings is 1. The number of carbonyl (C=O) groups is 2. The molecule has 0 saturated carbocycles. The number of nitrogens with zero attached hydrogens (tertiary/aromatic N) is 4. The maximum Gasteiger partial charge on any atom is 0.490 e. The van der Waals surface area contributed by atoms with Crippen molar-refractivity contribution in [2.24, 2.45) is 13.0 Å². The molecule has 1 aliphatic carbocycles. The zero-order valence-electron chi connectivity index (χ0n) is 23.7. The average Bonchev–Trinajstić information content (AvgIpc) is 3.32. The molecular formula is C27H29F6N7O4. The second-order valence-electron chi connectivity index (χ2n) is 10.4. The van der Waals surface area contributed by atoms with E-state index in [0.717, 1.165) is 46.8 Å². The van der Waals surface area contributed by atoms with Crippen molar-refractivity contribution in [1.29, 1.82) is 0 Å². The molecule has 3 aromatic rings. The quantitative estimate of drug-likeness (QED) is 0.274. The Morgan fingerprint density at radius 1 is 1.20 bits per heavy atom. The minimum Gasteiger partial charge on any atom is -0.482 e. The van der Waals surface area contributed by atoms with Crippen LogP contribution in [0, 0.1) is 5.92 Å². The van der Waals surface area contributed by atoms with Crippen molar-refractivity contribution in [2.45, 2.75) is 58.0 Å². The Kier molecular flexibility index (Phi) is 9.25. The normalized spacial score (nSPS) is 16.8. The highest BCUT2D eigenvalue weighted by molar-refractivity contribution is 5.95. The third-order valence-corrected chi connectivity index (χ3v) is 6.90. The molecule has 0 radical (unpaired) electrons. The molecule has 17 heteroatoms. The van der Waals surface area contributed by atoms with Crippen molar-refractivity contribution in [3.8, 4) is 5.75 Å². The van der Waals surface area contributed by atoms with E-state index < -0.39 is 24.0 Å². The standard InChI is InChI=1S/C25H28F3N7O2.C2HF3O2/c1-13-4-6-17-18(8-13)32-24(29-11-16-10-21(25(26,27)28)35(3)34-16)33-23(17)30-14(2)15-5-7-20-19(9-15)31-22(36)12-37-20;3-2(4,5)1(6)7/h5,7,9-10,13-14H,4,6,8,11-12H2,1-3H3,(H,31,36)(H2,29,30,32,33);(H,6,7). The lowest BCUT2D eigenvalue weighted by Crippen LogP contribution is -2.25. The lowest BCUT2D eigenvalue weighted by atomic mass is 9.88. The van der Waals surface area contributed by atoms with E-state index in [9.17, 15) is 31.1 Å². The number of aromatic nitrogens is 4. The topological polar surface area (TPSA) is 143 Å². The lowest BCUT2D eigenvalue weighted by molar-refractivity contribution is -0.192. The number of ether oxygens (including phenoxy) is 1. The van der Waals surface area contributed by atoms with Crippen LogP contribution in [0.15, 0.2) is 24.3 Å². The van der Waals surface area contributed by atoms with E-state index in [0.29, 0.717) is 29.1 Å². The largest absolute Gasteiger partial charge is 0.490 e. The van der Waals surface area contributed by atoms with E-state index in [4.69, 9.17) is 14.6 Å². The second kappa shape index (κ2) is 12.6. The van der Waals surface area contributed by atoms with Gasteiger partial charge in [0.1, 0.15) is 17.3 Å². The van der Waals surface area contributed by atoms with Gasteiger partial charge in [0, 0.05) is 12.6 Å². The highest BCUT2D eigenvalue weighted by Crippen LogP contribution is 2.35. The first kappa shape index (κ1) is 32.3. The Morgan fingerprint density at radius 2 is 1.91 bits per heavy atom. The van der Waals surface area contributed by atoms with E-state index in [1.807, 2.05) is 25.1 Å². The molecule has 1 amide bonds. The van der Waals surface area contributed by atoms with E-state index in [2.05, 4.69) is 37.9 Å². The molecule has 0 spiro atoms. The maximum absolute atomic E-state index is 13.1. The summed E-state index contributed by atoms with van der Waals surface area (Å²) in [6.45, 7) is 4.21. The van der Waals surface area contributed by atoms with Crippen molar-refractivity contribution < 1.29 is 45.8 Å². The Labute approximate surface area is 247 Å². The van der Waals surface area contributed by atoms with Gasteiger partial charge in [0.25, 0.3) is 5.91 Å². The minimum atomic E-state index is -5.08. The van der Waals surface area contributed by atoms with Crippen LogP contribution in [0.3, 0.4) is 0 Å². The number of aryl methyl sites for hydroxylation is 1. The monoisotopic (exact) mass is 629 g/mol. The van der Waals surface area contributed by atoms with E-state index in [-0.39, 0.29) is 30.8 Å². The fraction of sp³-hybridized carbons (Fsp3) is 0.444. The number of halogens is 6. The predicted molar refractivity (Wildman–Crippen MR) is 145 cm³/mol. The minimum absolute atomic E-state index is 0.00254. The van der Waals surface area contributed by atoms with Gasteiger partial charge in [-0.05, 0) is 55.9 Å². The number of rotatable bonds is 6. The van der Waals surface area contributed by atoms with Gasteiger partial charge in [-0.2, -0.15) is 36.4 Å². The number of hydrogen-bond acceptors (Lipinski definition) is 8. The Balaban J connectivity index is 0.000000566. The van der Waals surface area contributed by atoms with E-state index in [1.54, 1.807) is 0 Å². The Hall–Kier alpha value is -4.57. The van der Waals surface area contributed by atoms with Gasteiger partial charge in [0.15, 0.2) is 6.61 Å². The van der Waals surface area contributed by atoms with Gasteiger partial charge >= 0.3 is 18.3 Å². The van der Waals surface area contributed by atoms with Gasteiger partial charge in [0.2, 0.25) is 5.95 Å². The zero-order valence-corrected chi connectivity index (χ0v) is 23.7. The number of aliphatic carboxylic acids is 1. The number of anilines is 3. The Bertz CT molecular complexity index is 1540. The van der Waals surface area contributed by atoms with Crippen LogP contribution in [-0.2, 0) is 42.2 Å². The first-order chi connectivity index (χ1) is 20.5. The van der Waals surface area contributed by atoms with Crippen LogP contribution in [0.4, 0.5) is 43.8 Å². The van der Waals surface area contributed by atoms with Gasteiger partial charge in [-0.3, -0.25) is 9.48 Å². The van der Waals surface area contributed by atoms with Crippen LogP contribution < -0.4 is 20.7 Å². The number of carboxylic acid groups (broad SMARTS) is 1. The summed E-state index contributed by atoms with van der Waals surface area (Å²) in [6.07, 6.45) is -6.92. The van der Waals surface area contributed by atoms with Crippen LogP contribution in [0.1, 0.15) is 54.5 Å². The number of hydrogen-bond donors (Lipinski definition) is 4. The molecule has 2 aliphatic rings. The van der Waals surface area contributed by atoms with Gasteiger partial charge in [0.05, 0.1) is 29.7 Å². The fourth-order valence-corrected chi connectivity index (χ4v) is 4.69. The zero-order chi connectivity index (χ0) is 32.4. The molecule has 44 heavy (non-hydrogen) atoms. The smallest absolute Gasteiger partial charge is 0.482 e. The molecule has 4 N–H and O–H groups in total. The summed E-state index contributed by atoms with van der Waals surface area (Å²) >= 11 is 0. The third kappa shape index (κ3) is 7.87. The third-order valence-electron chi connectivity index (χ3n) is 6.90. The van der Waals surface area contributed by atoms with Gasteiger partial charge in [-0.1, -0.05) is 13.0 Å². The molecule has 3 heterocycles. The van der Waals surface area contributed by atoms with Crippen LogP contribution in [0.2, 0.25) is 0 Å². The fourth-order valence-electron chi connectivity index (χ4n) is 4.69. The van der Waals surface area contributed by atoms with Gasteiger partial charge in [-0.25, -0.2) is 9.78 Å². The number of fused-ring (bicyclic) bond motifs is 2. The van der Waals surface area contributed by atoms with Crippen LogP contribution in [0.25, 0.3) is 0 Å². The SMILES string of the molecule is CC1CCc2c(nc(NCc3cc(C(F)(F)F)n(C)n3)nc2NC(C)c2ccc3c(c2)NC(=O)CO3)C1.O=C(O)C(F)(F)F. The highest BCUT2D eigenvalue weighted by atomic mass is 19.4. The molecule has 0 saturated heterocycles. The van der Waals surface area contributed by atoms with Crippen LogP contribution >= 0.6 is 0 Å². The summed E-state index contributed by atoms with van der Waals surface area (Å²) < 4.78 is 77.4. The van der Waals surface area contributed by atoms with Crippen molar-refractivity contribution in [1.82, 2.24) is 19.7 Å². The van der Waals surface area contributed by atoms with Crippen molar-refractivity contribution in [2.75, 3.05) is 22.6 Å². The summed E-state index contributed by atoms with van der Waals surface area (Å²) in [6, 6.07) is 6.50. The Morgan fingerprint density at radius 3 is 2.55 bits per heavy atom. The summed E-state index contributed by atoms with van der Waals surface area (Å²) in [4.78, 5) is 30.0. The molecule has 5 rings (SSSR count). The highest BCUT2D eigenvalue weighted by Gasteiger charge is 2.38.